The van der Waals surface area contributed by atoms with Crippen molar-refractivity contribution in [2.45, 2.75) is 27.2 Å². The molecule has 0 saturated carbocycles. The fourth-order valence-corrected chi connectivity index (χ4v) is 0.702. The second-order valence-electron chi connectivity index (χ2n) is 2.60. The van der Waals surface area contributed by atoms with Gasteiger partial charge in [0.2, 0.25) is 0 Å². The Balaban J connectivity index is 4.44. The van der Waals surface area contributed by atoms with E-state index in [1.807, 2.05) is 20.8 Å². The SMILES string of the molecule is CCC(C=C(C)C)=NC(=O)NO. The molecule has 0 aliphatic heterocycles. The van der Waals surface area contributed by atoms with Crippen molar-refractivity contribution in [3.63, 3.8) is 0 Å². The molecule has 0 heterocycles. The normalized spacial score (nSPS) is 10.8. The molecule has 0 aromatic heterocycles. The molecule has 0 saturated heterocycles. The summed E-state index contributed by atoms with van der Waals surface area (Å²) >= 11 is 0. The second kappa shape index (κ2) is 5.49. The highest BCUT2D eigenvalue weighted by atomic mass is 16.5. The van der Waals surface area contributed by atoms with Gasteiger partial charge in [-0.1, -0.05) is 12.5 Å². The van der Waals surface area contributed by atoms with Gasteiger partial charge in [-0.25, -0.2) is 10.3 Å². The number of amides is 2. The van der Waals surface area contributed by atoms with Crippen molar-refractivity contribution in [1.29, 1.82) is 0 Å². The molecule has 0 fully saturated rings. The number of rotatable bonds is 2. The lowest BCUT2D eigenvalue weighted by Gasteiger charge is -1.96. The molecule has 0 aliphatic carbocycles. The van der Waals surface area contributed by atoms with Crippen LogP contribution in [0.25, 0.3) is 0 Å². The van der Waals surface area contributed by atoms with Crippen molar-refractivity contribution >= 4 is 11.7 Å². The lowest BCUT2D eigenvalue weighted by molar-refractivity contribution is 0.169. The van der Waals surface area contributed by atoms with Gasteiger partial charge < -0.3 is 0 Å². The summed E-state index contributed by atoms with van der Waals surface area (Å²) in [5.74, 6) is 0. The van der Waals surface area contributed by atoms with E-state index in [4.69, 9.17) is 5.21 Å². The fraction of sp³-hybridized carbons (Fsp3) is 0.500. The predicted molar refractivity (Wildman–Crippen MR) is 47.5 cm³/mol. The van der Waals surface area contributed by atoms with Gasteiger partial charge in [-0.3, -0.25) is 5.21 Å². The van der Waals surface area contributed by atoms with Crippen molar-refractivity contribution in [1.82, 2.24) is 5.48 Å². The van der Waals surface area contributed by atoms with Crippen LogP contribution in [0, 0.1) is 0 Å². The van der Waals surface area contributed by atoms with Crippen molar-refractivity contribution < 1.29 is 10.0 Å². The topological polar surface area (TPSA) is 61.7 Å². The third kappa shape index (κ3) is 4.62. The summed E-state index contributed by atoms with van der Waals surface area (Å²) in [7, 11) is 0. The maximum atomic E-state index is 10.6. The zero-order chi connectivity index (χ0) is 9.56. The monoisotopic (exact) mass is 170 g/mol. The number of hydrogen-bond donors (Lipinski definition) is 2. The van der Waals surface area contributed by atoms with E-state index in [-0.39, 0.29) is 0 Å². The highest BCUT2D eigenvalue weighted by Gasteiger charge is 1.96. The molecule has 0 radical (unpaired) electrons. The van der Waals surface area contributed by atoms with Gasteiger partial charge in [0.25, 0.3) is 0 Å². The highest BCUT2D eigenvalue weighted by molar-refractivity contribution is 6.01. The molecule has 0 rings (SSSR count). The van der Waals surface area contributed by atoms with Gasteiger partial charge in [0.15, 0.2) is 0 Å². The molecule has 4 nitrogen and oxygen atoms in total. The van der Waals surface area contributed by atoms with Gasteiger partial charge in [-0.15, -0.1) is 0 Å². The first-order valence-corrected chi connectivity index (χ1v) is 3.76. The van der Waals surface area contributed by atoms with E-state index in [2.05, 4.69) is 4.99 Å². The molecule has 2 N–H and O–H groups in total. The number of hydrogen-bond acceptors (Lipinski definition) is 2. The Morgan fingerprint density at radius 2 is 2.17 bits per heavy atom. The molecule has 4 heteroatoms. The number of urea groups is 1. The minimum atomic E-state index is -0.732. The van der Waals surface area contributed by atoms with Gasteiger partial charge >= 0.3 is 6.03 Å². The third-order valence-corrected chi connectivity index (χ3v) is 1.16. The zero-order valence-corrected chi connectivity index (χ0v) is 7.59. The van der Waals surface area contributed by atoms with E-state index in [1.54, 1.807) is 6.08 Å². The largest absolute Gasteiger partial charge is 0.364 e. The minimum Gasteiger partial charge on any atom is -0.287 e. The lowest BCUT2D eigenvalue weighted by atomic mass is 10.2. The summed E-state index contributed by atoms with van der Waals surface area (Å²) in [6.07, 6.45) is 2.47. The molecule has 0 spiro atoms. The van der Waals surface area contributed by atoms with Crippen LogP contribution in [0.15, 0.2) is 16.6 Å². The lowest BCUT2D eigenvalue weighted by Crippen LogP contribution is -2.15. The quantitative estimate of drug-likeness (QED) is 0.377. The molecule has 0 aliphatic rings. The second-order valence-corrected chi connectivity index (χ2v) is 2.60. The Labute approximate surface area is 72.0 Å². The van der Waals surface area contributed by atoms with Crippen LogP contribution in [0.4, 0.5) is 4.79 Å². The molecule has 12 heavy (non-hydrogen) atoms. The van der Waals surface area contributed by atoms with Crippen LogP contribution >= 0.6 is 0 Å². The molecule has 0 atom stereocenters. The van der Waals surface area contributed by atoms with Crippen molar-refractivity contribution in [3.05, 3.63) is 11.6 Å². The number of carbonyl (C=O) groups excluding carboxylic acids is 1. The van der Waals surface area contributed by atoms with Crippen LogP contribution in [0.1, 0.15) is 27.2 Å². The molecular weight excluding hydrogens is 156 g/mol. The summed E-state index contributed by atoms with van der Waals surface area (Å²) in [6, 6.07) is -0.732. The zero-order valence-electron chi connectivity index (χ0n) is 7.59. The van der Waals surface area contributed by atoms with E-state index in [1.165, 1.54) is 5.48 Å². The number of carbonyl (C=O) groups is 1. The smallest absolute Gasteiger partial charge is 0.287 e. The van der Waals surface area contributed by atoms with Gasteiger partial charge in [0.05, 0.1) is 0 Å². The number of allylic oxidation sites excluding steroid dienone is 2. The summed E-state index contributed by atoms with van der Waals surface area (Å²) in [5, 5.41) is 8.19. The standard InChI is InChI=1S/C8H14N2O2/c1-4-7(5-6(2)3)9-8(11)10-12/h5,12H,4H2,1-3H3,(H,10,11). The molecule has 0 unspecified atom stereocenters. The number of aliphatic imine (C=N–C) groups is 1. The summed E-state index contributed by atoms with van der Waals surface area (Å²) in [6.45, 7) is 5.73. The van der Waals surface area contributed by atoms with Gasteiger partial charge in [0.1, 0.15) is 0 Å². The van der Waals surface area contributed by atoms with Crippen molar-refractivity contribution in [2.75, 3.05) is 0 Å². The Hall–Kier alpha value is -1.16. The molecule has 0 bridgehead atoms. The summed E-state index contributed by atoms with van der Waals surface area (Å²) in [5.41, 5.74) is 3.17. The molecular formula is C8H14N2O2. The molecule has 2 amide bonds. The first-order chi connectivity index (χ1) is 5.60. The van der Waals surface area contributed by atoms with Crippen molar-refractivity contribution in [3.8, 4) is 0 Å². The number of nitrogens with zero attached hydrogens (tertiary/aromatic N) is 1. The average Bonchev–Trinajstić information content (AvgIpc) is 2.02. The predicted octanol–water partition coefficient (Wildman–Crippen LogP) is 1.90. The van der Waals surface area contributed by atoms with Crippen LogP contribution in [0.5, 0.6) is 0 Å². The highest BCUT2D eigenvalue weighted by Crippen LogP contribution is 1.95. The maximum Gasteiger partial charge on any atom is 0.364 e. The van der Waals surface area contributed by atoms with Crippen LogP contribution in [-0.2, 0) is 0 Å². The summed E-state index contributed by atoms with van der Waals surface area (Å²) < 4.78 is 0. The van der Waals surface area contributed by atoms with Crippen LogP contribution in [0.3, 0.4) is 0 Å². The minimum absolute atomic E-state index is 0.654. The number of nitrogens with one attached hydrogen (secondary N) is 1. The van der Waals surface area contributed by atoms with Gasteiger partial charge in [-0.05, 0) is 26.3 Å². The molecule has 0 aromatic rings. The number of hydroxylamine groups is 1. The molecule has 68 valence electrons. The van der Waals surface area contributed by atoms with E-state index < -0.39 is 6.03 Å². The van der Waals surface area contributed by atoms with E-state index in [0.717, 1.165) is 5.57 Å². The Kier molecular flexibility index (Phi) is 4.96. The summed E-state index contributed by atoms with van der Waals surface area (Å²) in [4.78, 5) is 14.2. The van der Waals surface area contributed by atoms with E-state index >= 15 is 0 Å². The van der Waals surface area contributed by atoms with Gasteiger partial charge in [-0.2, -0.15) is 4.99 Å². The van der Waals surface area contributed by atoms with E-state index in [9.17, 15) is 4.79 Å². The van der Waals surface area contributed by atoms with Gasteiger partial charge in [0, 0.05) is 5.71 Å². The van der Waals surface area contributed by atoms with Crippen LogP contribution < -0.4 is 5.48 Å². The molecule has 0 aromatic carbocycles. The first kappa shape index (κ1) is 10.8. The average molecular weight is 170 g/mol. The maximum absolute atomic E-state index is 10.6. The Bertz CT molecular complexity index is 215. The first-order valence-electron chi connectivity index (χ1n) is 3.76. The van der Waals surface area contributed by atoms with Crippen LogP contribution in [-0.4, -0.2) is 17.0 Å². The Morgan fingerprint density at radius 3 is 2.50 bits per heavy atom. The van der Waals surface area contributed by atoms with E-state index in [0.29, 0.717) is 12.1 Å². The Morgan fingerprint density at radius 1 is 1.58 bits per heavy atom. The van der Waals surface area contributed by atoms with Crippen molar-refractivity contribution in [2.24, 2.45) is 4.99 Å². The van der Waals surface area contributed by atoms with Crippen LogP contribution in [0.2, 0.25) is 0 Å². The fourth-order valence-electron chi connectivity index (χ4n) is 0.702. The third-order valence-electron chi connectivity index (χ3n) is 1.16.